The summed E-state index contributed by atoms with van der Waals surface area (Å²) in [7, 11) is 0. The molecule has 0 saturated carbocycles. The quantitative estimate of drug-likeness (QED) is 0.586. The van der Waals surface area contributed by atoms with Crippen molar-refractivity contribution >= 4 is 0 Å². The van der Waals surface area contributed by atoms with Gasteiger partial charge in [-0.1, -0.05) is 0 Å². The Morgan fingerprint density at radius 3 is 2.57 bits per heavy atom. The Balaban J connectivity index is 2.03. The molecule has 2 saturated heterocycles. The Morgan fingerprint density at radius 1 is 1.21 bits per heavy atom. The summed E-state index contributed by atoms with van der Waals surface area (Å²) in [4.78, 5) is 2.51. The summed E-state index contributed by atoms with van der Waals surface area (Å²) >= 11 is 0. The van der Waals surface area contributed by atoms with Crippen molar-refractivity contribution in [2.75, 3.05) is 32.9 Å². The fourth-order valence-corrected chi connectivity index (χ4v) is 2.24. The Labute approximate surface area is 86.4 Å². The lowest BCUT2D eigenvalue weighted by Gasteiger charge is -2.45. The Morgan fingerprint density at radius 2 is 2.00 bits per heavy atom. The van der Waals surface area contributed by atoms with E-state index in [-0.39, 0.29) is 11.1 Å². The highest BCUT2D eigenvalue weighted by molar-refractivity contribution is 4.94. The van der Waals surface area contributed by atoms with Crippen molar-refractivity contribution in [3.63, 3.8) is 0 Å². The molecule has 3 heteroatoms. The van der Waals surface area contributed by atoms with Crippen LogP contribution in [0.15, 0.2) is 0 Å². The summed E-state index contributed by atoms with van der Waals surface area (Å²) in [5.74, 6) is 0. The molecule has 0 radical (unpaired) electrons. The van der Waals surface area contributed by atoms with E-state index in [0.717, 1.165) is 39.3 Å². The monoisotopic (exact) mass is 199 g/mol. The maximum Gasteiger partial charge on any atom is 0.106 e. The van der Waals surface area contributed by atoms with E-state index in [0.29, 0.717) is 0 Å². The zero-order valence-corrected chi connectivity index (χ0v) is 9.51. The van der Waals surface area contributed by atoms with Gasteiger partial charge in [0, 0.05) is 31.7 Å². The Bertz CT molecular complexity index is 204. The second-order valence-electron chi connectivity index (χ2n) is 5.43. The fraction of sp³-hybridized carbons (Fsp3) is 1.00. The van der Waals surface area contributed by atoms with Crippen LogP contribution in [-0.2, 0) is 9.47 Å². The molecule has 3 nitrogen and oxygen atoms in total. The molecule has 0 amide bonds. The average Bonchev–Trinajstić information content (AvgIpc) is 2.52. The van der Waals surface area contributed by atoms with E-state index >= 15 is 0 Å². The van der Waals surface area contributed by atoms with Crippen LogP contribution in [0.1, 0.15) is 27.2 Å². The van der Waals surface area contributed by atoms with E-state index < -0.39 is 0 Å². The van der Waals surface area contributed by atoms with Crippen molar-refractivity contribution in [3.05, 3.63) is 0 Å². The molecule has 2 fully saturated rings. The Hall–Kier alpha value is -0.120. The van der Waals surface area contributed by atoms with Crippen LogP contribution in [0.25, 0.3) is 0 Å². The van der Waals surface area contributed by atoms with Crippen LogP contribution in [0.4, 0.5) is 0 Å². The van der Waals surface area contributed by atoms with Crippen LogP contribution >= 0.6 is 0 Å². The molecule has 0 aromatic carbocycles. The maximum absolute atomic E-state index is 5.89. The molecule has 2 rings (SSSR count). The molecule has 0 bridgehead atoms. The summed E-state index contributed by atoms with van der Waals surface area (Å²) < 4.78 is 11.3. The lowest BCUT2D eigenvalue weighted by molar-refractivity contribution is -0.127. The van der Waals surface area contributed by atoms with Crippen LogP contribution in [-0.4, -0.2) is 49.0 Å². The molecule has 0 aliphatic carbocycles. The molecular formula is C11H21NO2. The highest BCUT2D eigenvalue weighted by Gasteiger charge is 2.42. The van der Waals surface area contributed by atoms with E-state index in [4.69, 9.17) is 9.47 Å². The number of hydrogen-bond acceptors (Lipinski definition) is 3. The van der Waals surface area contributed by atoms with Gasteiger partial charge in [-0.2, -0.15) is 0 Å². The highest BCUT2D eigenvalue weighted by Crippen LogP contribution is 2.30. The zero-order valence-electron chi connectivity index (χ0n) is 9.51. The lowest BCUT2D eigenvalue weighted by atomic mass is 9.96. The van der Waals surface area contributed by atoms with E-state index in [2.05, 4.69) is 25.7 Å². The number of ether oxygens (including phenoxy) is 2. The number of morpholine rings is 1. The van der Waals surface area contributed by atoms with Crippen molar-refractivity contribution < 1.29 is 9.47 Å². The van der Waals surface area contributed by atoms with Gasteiger partial charge < -0.3 is 9.47 Å². The van der Waals surface area contributed by atoms with Gasteiger partial charge in [-0.25, -0.2) is 0 Å². The minimum absolute atomic E-state index is 0.00549. The summed E-state index contributed by atoms with van der Waals surface area (Å²) in [6.07, 6.45) is 1.06. The lowest BCUT2D eigenvalue weighted by Crippen LogP contribution is -2.57. The summed E-state index contributed by atoms with van der Waals surface area (Å²) in [6.45, 7) is 11.4. The van der Waals surface area contributed by atoms with Gasteiger partial charge >= 0.3 is 0 Å². The van der Waals surface area contributed by atoms with Crippen molar-refractivity contribution in [2.24, 2.45) is 0 Å². The van der Waals surface area contributed by atoms with Crippen molar-refractivity contribution in [2.45, 2.75) is 38.3 Å². The van der Waals surface area contributed by atoms with Crippen LogP contribution in [0.5, 0.6) is 0 Å². The number of rotatable bonds is 0. The molecular weight excluding hydrogens is 178 g/mol. The van der Waals surface area contributed by atoms with Crippen molar-refractivity contribution in [1.82, 2.24) is 4.90 Å². The first-order valence-corrected chi connectivity index (χ1v) is 5.49. The maximum atomic E-state index is 5.89. The molecule has 14 heavy (non-hydrogen) atoms. The summed E-state index contributed by atoms with van der Waals surface area (Å²) in [5.41, 5.74) is 0.255. The normalized spacial score (nSPS) is 35.4. The van der Waals surface area contributed by atoms with Crippen LogP contribution in [0.2, 0.25) is 0 Å². The van der Waals surface area contributed by atoms with Gasteiger partial charge in [0.1, 0.15) is 5.60 Å². The first-order valence-electron chi connectivity index (χ1n) is 5.49. The van der Waals surface area contributed by atoms with E-state index in [9.17, 15) is 0 Å². The second kappa shape index (κ2) is 3.47. The summed E-state index contributed by atoms with van der Waals surface area (Å²) in [5, 5.41) is 0. The molecule has 2 aliphatic heterocycles. The summed E-state index contributed by atoms with van der Waals surface area (Å²) in [6, 6.07) is 0. The topological polar surface area (TPSA) is 21.7 Å². The van der Waals surface area contributed by atoms with Gasteiger partial charge in [0.05, 0.1) is 13.2 Å². The predicted octanol–water partition coefficient (Wildman–Crippen LogP) is 1.28. The van der Waals surface area contributed by atoms with Crippen molar-refractivity contribution in [3.8, 4) is 0 Å². The van der Waals surface area contributed by atoms with E-state index in [1.807, 2.05) is 0 Å². The van der Waals surface area contributed by atoms with Crippen LogP contribution in [0, 0.1) is 0 Å². The predicted molar refractivity (Wildman–Crippen MR) is 55.4 cm³/mol. The molecule has 0 aromatic rings. The van der Waals surface area contributed by atoms with Gasteiger partial charge in [0.15, 0.2) is 0 Å². The smallest absolute Gasteiger partial charge is 0.106 e. The molecule has 1 spiro atoms. The van der Waals surface area contributed by atoms with Crippen LogP contribution in [0.3, 0.4) is 0 Å². The zero-order chi connectivity index (χ0) is 10.2. The largest absolute Gasteiger partial charge is 0.378 e. The van der Waals surface area contributed by atoms with Gasteiger partial charge in [0.25, 0.3) is 0 Å². The van der Waals surface area contributed by atoms with E-state index in [1.165, 1.54) is 0 Å². The van der Waals surface area contributed by atoms with Gasteiger partial charge in [-0.05, 0) is 20.8 Å². The minimum atomic E-state index is 0.00549. The number of hydrogen-bond donors (Lipinski definition) is 0. The van der Waals surface area contributed by atoms with Gasteiger partial charge in [0.2, 0.25) is 0 Å². The molecule has 1 atom stereocenters. The van der Waals surface area contributed by atoms with Crippen molar-refractivity contribution in [1.29, 1.82) is 0 Å². The average molecular weight is 199 g/mol. The van der Waals surface area contributed by atoms with E-state index in [1.54, 1.807) is 0 Å². The van der Waals surface area contributed by atoms with Gasteiger partial charge in [-0.15, -0.1) is 0 Å². The molecule has 82 valence electrons. The standard InChI is InChI=1S/C11H21NO2/c1-10(2,3)12-5-7-14-11(8-12)4-6-13-9-11/h4-9H2,1-3H3. The molecule has 2 aliphatic rings. The highest BCUT2D eigenvalue weighted by atomic mass is 16.6. The molecule has 0 aromatic heterocycles. The van der Waals surface area contributed by atoms with Crippen LogP contribution < -0.4 is 0 Å². The second-order valence-corrected chi connectivity index (χ2v) is 5.43. The SMILES string of the molecule is CC(C)(C)N1CCOC2(CCOC2)C1. The first-order chi connectivity index (χ1) is 6.52. The first kappa shape index (κ1) is 10.4. The molecule has 1 unspecified atom stereocenters. The fourth-order valence-electron chi connectivity index (χ4n) is 2.24. The third-order valence-electron chi connectivity index (χ3n) is 3.26. The third-order valence-corrected chi connectivity index (χ3v) is 3.26. The third kappa shape index (κ3) is 1.95. The molecule has 2 heterocycles. The van der Waals surface area contributed by atoms with Gasteiger partial charge in [-0.3, -0.25) is 4.90 Å². The minimum Gasteiger partial charge on any atom is -0.378 e. The Kier molecular flexibility index (Phi) is 2.58. The number of nitrogens with zero attached hydrogens (tertiary/aromatic N) is 1. The molecule has 0 N–H and O–H groups in total.